The Balaban J connectivity index is 1.49. The predicted octanol–water partition coefficient (Wildman–Crippen LogP) is 5.12. The van der Waals surface area contributed by atoms with Gasteiger partial charge in [-0.2, -0.15) is 0 Å². The maximum atomic E-state index is 11.9. The van der Waals surface area contributed by atoms with Crippen molar-refractivity contribution in [3.63, 3.8) is 0 Å². The van der Waals surface area contributed by atoms with Crippen molar-refractivity contribution in [3.8, 4) is 0 Å². The Kier molecular flexibility index (Phi) is 9.83. The first kappa shape index (κ1) is 22.5. The molecular formula is C23H30N2O4. The molecule has 0 aliphatic carbocycles. The number of pyridine rings is 2. The van der Waals surface area contributed by atoms with Crippen molar-refractivity contribution in [2.24, 2.45) is 0 Å². The SMILES string of the molecule is CC(OC(=O)CCCCCCCC(=O)OC(C)c1ccncc1)c1ccncc1. The number of nitrogens with zero attached hydrogens (tertiary/aromatic N) is 2. The van der Waals surface area contributed by atoms with E-state index in [1.165, 1.54) is 0 Å². The molecule has 2 aromatic heterocycles. The summed E-state index contributed by atoms with van der Waals surface area (Å²) < 4.78 is 10.9. The van der Waals surface area contributed by atoms with Crippen LogP contribution in [0.25, 0.3) is 0 Å². The molecule has 0 aliphatic heterocycles. The number of carbonyl (C=O) groups excluding carboxylic acids is 2. The van der Waals surface area contributed by atoms with Crippen molar-refractivity contribution in [2.75, 3.05) is 0 Å². The third-order valence-electron chi connectivity index (χ3n) is 4.73. The lowest BCUT2D eigenvalue weighted by Gasteiger charge is -2.13. The summed E-state index contributed by atoms with van der Waals surface area (Å²) in [5.74, 6) is -0.356. The fourth-order valence-corrected chi connectivity index (χ4v) is 2.99. The maximum Gasteiger partial charge on any atom is 0.306 e. The highest BCUT2D eigenvalue weighted by molar-refractivity contribution is 5.70. The molecule has 0 aliphatic rings. The van der Waals surface area contributed by atoms with Crippen LogP contribution in [0.2, 0.25) is 0 Å². The normalized spacial score (nSPS) is 12.8. The Morgan fingerprint density at radius 1 is 0.690 bits per heavy atom. The largest absolute Gasteiger partial charge is 0.458 e. The topological polar surface area (TPSA) is 78.4 Å². The van der Waals surface area contributed by atoms with Crippen LogP contribution in [0.4, 0.5) is 0 Å². The molecule has 0 N–H and O–H groups in total. The summed E-state index contributed by atoms with van der Waals surface area (Å²) in [5.41, 5.74) is 1.89. The molecule has 0 fully saturated rings. The van der Waals surface area contributed by atoms with Crippen molar-refractivity contribution in [3.05, 3.63) is 60.2 Å². The van der Waals surface area contributed by atoms with Gasteiger partial charge in [0.25, 0.3) is 0 Å². The Hall–Kier alpha value is -2.76. The molecule has 156 valence electrons. The molecule has 2 atom stereocenters. The fourth-order valence-electron chi connectivity index (χ4n) is 2.99. The lowest BCUT2D eigenvalue weighted by molar-refractivity contribution is -0.149. The number of hydrogen-bond donors (Lipinski definition) is 0. The van der Waals surface area contributed by atoms with E-state index in [4.69, 9.17) is 9.47 Å². The van der Waals surface area contributed by atoms with Crippen molar-refractivity contribution in [1.29, 1.82) is 0 Å². The van der Waals surface area contributed by atoms with Gasteiger partial charge >= 0.3 is 11.9 Å². The van der Waals surface area contributed by atoms with Gasteiger partial charge in [-0.15, -0.1) is 0 Å². The summed E-state index contributed by atoms with van der Waals surface area (Å²) in [6.07, 6.45) is 11.5. The highest BCUT2D eigenvalue weighted by atomic mass is 16.5. The van der Waals surface area contributed by atoms with Crippen molar-refractivity contribution in [2.45, 2.75) is 71.0 Å². The lowest BCUT2D eigenvalue weighted by atomic mass is 10.1. The molecule has 2 aromatic rings. The van der Waals surface area contributed by atoms with E-state index in [9.17, 15) is 9.59 Å². The zero-order chi connectivity index (χ0) is 20.9. The van der Waals surface area contributed by atoms with Crippen LogP contribution >= 0.6 is 0 Å². The van der Waals surface area contributed by atoms with E-state index in [2.05, 4.69) is 9.97 Å². The second kappa shape index (κ2) is 12.6. The summed E-state index contributed by atoms with van der Waals surface area (Å²) in [7, 11) is 0. The van der Waals surface area contributed by atoms with Crippen LogP contribution in [0.15, 0.2) is 49.1 Å². The van der Waals surface area contributed by atoms with Crippen LogP contribution in [0.1, 0.15) is 82.1 Å². The molecule has 0 spiro atoms. The Morgan fingerprint density at radius 3 is 1.41 bits per heavy atom. The zero-order valence-corrected chi connectivity index (χ0v) is 17.3. The predicted molar refractivity (Wildman–Crippen MR) is 110 cm³/mol. The molecule has 0 saturated heterocycles. The zero-order valence-electron chi connectivity index (χ0n) is 17.3. The third kappa shape index (κ3) is 8.85. The Bertz CT molecular complexity index is 674. The molecule has 2 heterocycles. The standard InChI is InChI=1S/C23H30N2O4/c1-18(20-10-14-24-15-11-20)28-22(26)8-6-4-3-5-7-9-23(27)29-19(2)21-12-16-25-17-13-21/h10-19H,3-9H2,1-2H3. The summed E-state index contributed by atoms with van der Waals surface area (Å²) in [4.78, 5) is 31.8. The van der Waals surface area contributed by atoms with E-state index < -0.39 is 0 Å². The van der Waals surface area contributed by atoms with Gasteiger partial charge in [0.15, 0.2) is 0 Å². The molecule has 0 aromatic carbocycles. The van der Waals surface area contributed by atoms with Gasteiger partial charge in [-0.1, -0.05) is 19.3 Å². The van der Waals surface area contributed by atoms with E-state index in [0.717, 1.165) is 43.2 Å². The van der Waals surface area contributed by atoms with E-state index in [1.54, 1.807) is 24.8 Å². The summed E-state index contributed by atoms with van der Waals surface area (Å²) in [5, 5.41) is 0. The molecule has 0 radical (unpaired) electrons. The number of carbonyl (C=O) groups is 2. The molecular weight excluding hydrogens is 368 g/mol. The Labute approximate surface area is 172 Å². The summed E-state index contributed by atoms with van der Waals surface area (Å²) in [6, 6.07) is 7.39. The number of unbranched alkanes of at least 4 members (excludes halogenated alkanes) is 4. The average Bonchev–Trinajstić information content (AvgIpc) is 2.74. The summed E-state index contributed by atoms with van der Waals surface area (Å²) in [6.45, 7) is 3.73. The van der Waals surface area contributed by atoms with Gasteiger partial charge in [-0.3, -0.25) is 19.6 Å². The van der Waals surface area contributed by atoms with Crippen LogP contribution in [0, 0.1) is 0 Å². The number of hydrogen-bond acceptors (Lipinski definition) is 6. The Morgan fingerprint density at radius 2 is 1.03 bits per heavy atom. The first-order valence-corrected chi connectivity index (χ1v) is 10.2. The van der Waals surface area contributed by atoms with Crippen molar-refractivity contribution in [1.82, 2.24) is 9.97 Å². The van der Waals surface area contributed by atoms with Gasteiger partial charge in [0.05, 0.1) is 0 Å². The second-order valence-corrected chi connectivity index (χ2v) is 7.09. The lowest BCUT2D eigenvalue weighted by Crippen LogP contribution is -2.09. The minimum atomic E-state index is -0.258. The van der Waals surface area contributed by atoms with Crippen molar-refractivity contribution < 1.29 is 19.1 Å². The molecule has 2 rings (SSSR count). The number of esters is 2. The quantitative estimate of drug-likeness (QED) is 0.365. The monoisotopic (exact) mass is 398 g/mol. The van der Waals surface area contributed by atoms with Gasteiger partial charge < -0.3 is 9.47 Å². The molecule has 0 amide bonds. The number of aromatic nitrogens is 2. The fraction of sp³-hybridized carbons (Fsp3) is 0.478. The molecule has 2 unspecified atom stereocenters. The highest BCUT2D eigenvalue weighted by Crippen LogP contribution is 2.18. The highest BCUT2D eigenvalue weighted by Gasteiger charge is 2.12. The van der Waals surface area contributed by atoms with Crippen molar-refractivity contribution >= 4 is 11.9 Å². The number of rotatable bonds is 12. The van der Waals surface area contributed by atoms with E-state index in [0.29, 0.717) is 12.8 Å². The van der Waals surface area contributed by atoms with Crippen LogP contribution in [-0.4, -0.2) is 21.9 Å². The van der Waals surface area contributed by atoms with Gasteiger partial charge in [-0.05, 0) is 62.1 Å². The van der Waals surface area contributed by atoms with Crippen LogP contribution in [0.5, 0.6) is 0 Å². The van der Waals surface area contributed by atoms with Gasteiger partial charge in [0.1, 0.15) is 12.2 Å². The van der Waals surface area contributed by atoms with Crippen LogP contribution in [-0.2, 0) is 19.1 Å². The summed E-state index contributed by atoms with van der Waals surface area (Å²) >= 11 is 0. The van der Waals surface area contributed by atoms with Gasteiger partial charge in [0.2, 0.25) is 0 Å². The first-order valence-electron chi connectivity index (χ1n) is 10.2. The second-order valence-electron chi connectivity index (χ2n) is 7.09. The molecule has 0 bridgehead atoms. The molecule has 6 nitrogen and oxygen atoms in total. The minimum Gasteiger partial charge on any atom is -0.458 e. The minimum absolute atomic E-state index is 0.178. The maximum absolute atomic E-state index is 11.9. The van der Waals surface area contributed by atoms with E-state index in [1.807, 2.05) is 38.1 Å². The first-order chi connectivity index (χ1) is 14.1. The number of ether oxygens (including phenoxy) is 2. The van der Waals surface area contributed by atoms with E-state index >= 15 is 0 Å². The molecule has 29 heavy (non-hydrogen) atoms. The van der Waals surface area contributed by atoms with Crippen LogP contribution in [0.3, 0.4) is 0 Å². The van der Waals surface area contributed by atoms with E-state index in [-0.39, 0.29) is 24.1 Å². The van der Waals surface area contributed by atoms with Gasteiger partial charge in [0, 0.05) is 37.6 Å². The average molecular weight is 399 g/mol. The third-order valence-corrected chi connectivity index (χ3v) is 4.73. The molecule has 0 saturated carbocycles. The van der Waals surface area contributed by atoms with Gasteiger partial charge in [-0.25, -0.2) is 0 Å². The smallest absolute Gasteiger partial charge is 0.306 e. The molecule has 6 heteroatoms. The van der Waals surface area contributed by atoms with Crippen LogP contribution < -0.4 is 0 Å².